The summed E-state index contributed by atoms with van der Waals surface area (Å²) in [5.41, 5.74) is 1.19. The lowest BCUT2D eigenvalue weighted by atomic mass is 9.97. The highest BCUT2D eigenvalue weighted by atomic mass is 32.1. The number of hydrogen-bond acceptors (Lipinski definition) is 9. The summed E-state index contributed by atoms with van der Waals surface area (Å²) in [5.74, 6) is 0.419. The molecule has 1 atom stereocenters. The van der Waals surface area contributed by atoms with E-state index in [1.54, 1.807) is 35.8 Å². The number of anilines is 2. The summed E-state index contributed by atoms with van der Waals surface area (Å²) in [6.45, 7) is 2.91. The first-order chi connectivity index (χ1) is 16.7. The molecule has 176 valence electrons. The summed E-state index contributed by atoms with van der Waals surface area (Å²) in [4.78, 5) is 44.7. The SMILES string of the molecule is O=C(c1nnsc1NC(=O)N1CCCC[C@@H]1c1cccnc1)N1CCN(c2ncccn2)CC1. The number of piperidine rings is 1. The zero-order valence-corrected chi connectivity index (χ0v) is 19.4. The second-order valence-corrected chi connectivity index (χ2v) is 8.95. The van der Waals surface area contributed by atoms with Gasteiger partial charge in [0.25, 0.3) is 5.91 Å². The monoisotopic (exact) mass is 479 g/mol. The molecule has 34 heavy (non-hydrogen) atoms. The van der Waals surface area contributed by atoms with Crippen LogP contribution in [-0.4, -0.2) is 79.0 Å². The molecule has 2 aliphatic heterocycles. The van der Waals surface area contributed by atoms with Gasteiger partial charge in [-0.3, -0.25) is 15.1 Å². The fourth-order valence-electron chi connectivity index (χ4n) is 4.39. The standard InChI is InChI=1S/C22H25N9O2S/c32-20(29-11-13-30(14-12-29)21-24-8-4-9-25-21)18-19(34-28-27-18)26-22(33)31-10-2-1-6-17(31)16-5-3-7-23-15-16/h3-5,7-9,15,17H,1-2,6,10-14H2,(H,26,33)/t17-/m1/s1. The topological polar surface area (TPSA) is 120 Å². The zero-order valence-electron chi connectivity index (χ0n) is 18.6. The van der Waals surface area contributed by atoms with Gasteiger partial charge in [-0.2, -0.15) is 0 Å². The number of carbonyl (C=O) groups excluding carboxylic acids is 2. The number of urea groups is 1. The molecule has 0 aromatic carbocycles. The lowest BCUT2D eigenvalue weighted by Crippen LogP contribution is -2.49. The van der Waals surface area contributed by atoms with E-state index in [1.807, 2.05) is 21.9 Å². The molecule has 2 fully saturated rings. The number of likely N-dealkylation sites (tertiary alicyclic amines) is 1. The van der Waals surface area contributed by atoms with Crippen molar-refractivity contribution in [1.82, 2.24) is 34.3 Å². The Hall–Kier alpha value is -3.67. The number of aromatic nitrogens is 5. The minimum Gasteiger partial charge on any atom is -0.337 e. The molecule has 3 aromatic rings. The molecular weight excluding hydrogens is 454 g/mol. The van der Waals surface area contributed by atoms with Crippen molar-refractivity contribution in [2.45, 2.75) is 25.3 Å². The number of nitrogens with one attached hydrogen (secondary N) is 1. The molecule has 2 aliphatic rings. The second-order valence-electron chi connectivity index (χ2n) is 8.20. The van der Waals surface area contributed by atoms with E-state index in [1.165, 1.54) is 0 Å². The fourth-order valence-corrected chi connectivity index (χ4v) is 4.94. The molecular formula is C22H25N9O2S. The van der Waals surface area contributed by atoms with Crippen molar-refractivity contribution in [3.63, 3.8) is 0 Å². The Kier molecular flexibility index (Phi) is 6.56. The van der Waals surface area contributed by atoms with E-state index in [-0.39, 0.29) is 23.7 Å². The van der Waals surface area contributed by atoms with Crippen LogP contribution in [0.3, 0.4) is 0 Å². The zero-order chi connectivity index (χ0) is 23.3. The Labute approximate surface area is 201 Å². The molecule has 0 saturated carbocycles. The van der Waals surface area contributed by atoms with E-state index in [0.717, 1.165) is 36.4 Å². The third kappa shape index (κ3) is 4.67. The van der Waals surface area contributed by atoms with Crippen LogP contribution < -0.4 is 10.2 Å². The van der Waals surface area contributed by atoms with E-state index in [4.69, 9.17) is 0 Å². The molecule has 0 bridgehead atoms. The summed E-state index contributed by atoms with van der Waals surface area (Å²) in [6.07, 6.45) is 9.81. The average Bonchev–Trinajstić information content (AvgIpc) is 3.37. The predicted molar refractivity (Wildman–Crippen MR) is 127 cm³/mol. The molecule has 0 aliphatic carbocycles. The lowest BCUT2D eigenvalue weighted by Gasteiger charge is -2.36. The van der Waals surface area contributed by atoms with Crippen molar-refractivity contribution < 1.29 is 9.59 Å². The van der Waals surface area contributed by atoms with Crippen LogP contribution in [0.25, 0.3) is 0 Å². The highest BCUT2D eigenvalue weighted by Crippen LogP contribution is 2.31. The molecule has 0 unspecified atom stereocenters. The molecule has 0 spiro atoms. The second kappa shape index (κ2) is 10.1. The van der Waals surface area contributed by atoms with Gasteiger partial charge in [-0.15, -0.1) is 5.10 Å². The van der Waals surface area contributed by atoms with Gasteiger partial charge in [-0.25, -0.2) is 14.8 Å². The number of pyridine rings is 1. The van der Waals surface area contributed by atoms with Crippen LogP contribution in [0, 0.1) is 0 Å². The van der Waals surface area contributed by atoms with Gasteiger partial charge in [0.05, 0.1) is 6.04 Å². The maximum absolute atomic E-state index is 13.2. The van der Waals surface area contributed by atoms with E-state index < -0.39 is 0 Å². The smallest absolute Gasteiger partial charge is 0.323 e. The van der Waals surface area contributed by atoms with Gasteiger partial charge in [0.1, 0.15) is 0 Å². The molecule has 3 aromatic heterocycles. The van der Waals surface area contributed by atoms with Crippen LogP contribution in [-0.2, 0) is 0 Å². The van der Waals surface area contributed by atoms with Gasteiger partial charge < -0.3 is 14.7 Å². The number of hydrogen-bond donors (Lipinski definition) is 1. The lowest BCUT2D eigenvalue weighted by molar-refractivity contribution is 0.0741. The summed E-state index contributed by atoms with van der Waals surface area (Å²) >= 11 is 1.02. The van der Waals surface area contributed by atoms with Gasteiger partial charge in [-0.1, -0.05) is 10.6 Å². The van der Waals surface area contributed by atoms with Crippen molar-refractivity contribution in [3.8, 4) is 0 Å². The van der Waals surface area contributed by atoms with Crippen LogP contribution in [0.1, 0.15) is 41.4 Å². The van der Waals surface area contributed by atoms with Gasteiger partial charge in [0.15, 0.2) is 10.7 Å². The minimum absolute atomic E-state index is 0.0456. The maximum atomic E-state index is 13.2. The Morgan fingerprint density at radius 2 is 1.82 bits per heavy atom. The van der Waals surface area contributed by atoms with Gasteiger partial charge >= 0.3 is 6.03 Å². The Balaban J connectivity index is 1.24. The number of carbonyl (C=O) groups is 2. The van der Waals surface area contributed by atoms with E-state index in [9.17, 15) is 9.59 Å². The largest absolute Gasteiger partial charge is 0.337 e. The maximum Gasteiger partial charge on any atom is 0.323 e. The first kappa shape index (κ1) is 22.1. The minimum atomic E-state index is -0.250. The van der Waals surface area contributed by atoms with Crippen LogP contribution in [0.5, 0.6) is 0 Å². The molecule has 1 N–H and O–H groups in total. The highest BCUT2D eigenvalue weighted by Gasteiger charge is 2.31. The molecule has 11 nitrogen and oxygen atoms in total. The molecule has 0 radical (unpaired) electrons. The summed E-state index contributed by atoms with van der Waals surface area (Å²) in [5, 5.41) is 7.31. The number of nitrogens with zero attached hydrogens (tertiary/aromatic N) is 8. The molecule has 5 rings (SSSR count). The summed E-state index contributed by atoms with van der Waals surface area (Å²) in [6, 6.07) is 5.35. The molecule has 2 saturated heterocycles. The first-order valence-electron chi connectivity index (χ1n) is 11.3. The third-order valence-electron chi connectivity index (χ3n) is 6.15. The van der Waals surface area contributed by atoms with Gasteiger partial charge in [0, 0.05) is 69.0 Å². The third-order valence-corrected chi connectivity index (χ3v) is 6.79. The number of amides is 3. The van der Waals surface area contributed by atoms with Crippen LogP contribution in [0.4, 0.5) is 15.7 Å². The Morgan fingerprint density at radius 3 is 2.59 bits per heavy atom. The van der Waals surface area contributed by atoms with Crippen molar-refractivity contribution in [1.29, 1.82) is 0 Å². The van der Waals surface area contributed by atoms with E-state index in [2.05, 4.69) is 29.9 Å². The highest BCUT2D eigenvalue weighted by molar-refractivity contribution is 7.10. The summed E-state index contributed by atoms with van der Waals surface area (Å²) < 4.78 is 3.95. The first-order valence-corrected chi connectivity index (χ1v) is 12.1. The molecule has 5 heterocycles. The quantitative estimate of drug-likeness (QED) is 0.606. The van der Waals surface area contributed by atoms with Crippen LogP contribution in [0.2, 0.25) is 0 Å². The average molecular weight is 480 g/mol. The normalized spacial score (nSPS) is 18.6. The van der Waals surface area contributed by atoms with Crippen LogP contribution >= 0.6 is 11.5 Å². The Bertz CT molecular complexity index is 1120. The van der Waals surface area contributed by atoms with Crippen molar-refractivity contribution >= 4 is 34.4 Å². The van der Waals surface area contributed by atoms with Gasteiger partial charge in [-0.05, 0) is 37.0 Å². The molecule has 12 heteroatoms. The van der Waals surface area contributed by atoms with E-state index in [0.29, 0.717) is 43.7 Å². The van der Waals surface area contributed by atoms with E-state index >= 15 is 0 Å². The predicted octanol–water partition coefficient (Wildman–Crippen LogP) is 2.44. The van der Waals surface area contributed by atoms with Crippen molar-refractivity contribution in [3.05, 3.63) is 54.2 Å². The Morgan fingerprint density at radius 1 is 1.00 bits per heavy atom. The van der Waals surface area contributed by atoms with Crippen molar-refractivity contribution in [2.24, 2.45) is 0 Å². The number of piperazine rings is 1. The van der Waals surface area contributed by atoms with Crippen LogP contribution in [0.15, 0.2) is 43.0 Å². The summed E-state index contributed by atoms with van der Waals surface area (Å²) in [7, 11) is 0. The van der Waals surface area contributed by atoms with Crippen molar-refractivity contribution in [2.75, 3.05) is 42.9 Å². The fraction of sp³-hybridized carbons (Fsp3) is 0.409. The number of rotatable bonds is 4. The molecule has 3 amide bonds. The van der Waals surface area contributed by atoms with Gasteiger partial charge in [0.2, 0.25) is 5.95 Å².